The second kappa shape index (κ2) is 8.41. The van der Waals surface area contributed by atoms with E-state index < -0.39 is 0 Å². The molecule has 1 saturated heterocycles. The van der Waals surface area contributed by atoms with Gasteiger partial charge in [-0.3, -0.25) is 9.69 Å². The third kappa shape index (κ3) is 4.08. The van der Waals surface area contributed by atoms with Crippen LogP contribution in [-0.4, -0.2) is 45.3 Å². The van der Waals surface area contributed by atoms with Crippen molar-refractivity contribution in [3.63, 3.8) is 0 Å². The lowest BCUT2D eigenvalue weighted by molar-refractivity contribution is 0.0565. The molecular weight excluding hydrogens is 364 g/mol. The van der Waals surface area contributed by atoms with Gasteiger partial charge in [0.25, 0.3) is 5.91 Å². The summed E-state index contributed by atoms with van der Waals surface area (Å²) in [6.45, 7) is 9.71. The van der Waals surface area contributed by atoms with E-state index in [2.05, 4.69) is 42.8 Å². The highest BCUT2D eigenvalue weighted by Crippen LogP contribution is 2.32. The number of aryl methyl sites for hydroxylation is 1. The monoisotopic (exact) mass is 394 g/mol. The largest absolute Gasteiger partial charge is 0.455 e. The van der Waals surface area contributed by atoms with E-state index in [4.69, 9.17) is 9.40 Å². The summed E-state index contributed by atoms with van der Waals surface area (Å²) in [5, 5.41) is 0. The Kier molecular flexibility index (Phi) is 5.72. The number of nitrogens with one attached hydrogen (secondary N) is 1. The van der Waals surface area contributed by atoms with Gasteiger partial charge in [0, 0.05) is 6.54 Å². The molecule has 0 radical (unpaired) electrons. The number of carbonyl (C=O) groups is 1. The Morgan fingerprint density at radius 2 is 2.07 bits per heavy atom. The number of piperidine rings is 1. The van der Waals surface area contributed by atoms with Gasteiger partial charge in [-0.05, 0) is 69.1 Å². The van der Waals surface area contributed by atoms with Crippen molar-refractivity contribution in [1.29, 1.82) is 0 Å². The minimum Gasteiger partial charge on any atom is -0.455 e. The molecule has 0 aliphatic carbocycles. The van der Waals surface area contributed by atoms with Gasteiger partial charge < -0.3 is 14.3 Å². The number of hydrogen-bond acceptors (Lipinski definition) is 4. The fourth-order valence-electron chi connectivity index (χ4n) is 4.15. The first-order chi connectivity index (χ1) is 14.1. The third-order valence-corrected chi connectivity index (χ3v) is 5.88. The van der Waals surface area contributed by atoms with Crippen LogP contribution in [-0.2, 0) is 6.54 Å². The molecule has 4 rings (SSSR count). The van der Waals surface area contributed by atoms with Gasteiger partial charge in [0.2, 0.25) is 0 Å². The third-order valence-electron chi connectivity index (χ3n) is 5.88. The van der Waals surface area contributed by atoms with Crippen LogP contribution in [0.25, 0.3) is 11.0 Å². The Hall–Kier alpha value is -2.60. The molecule has 1 aliphatic heterocycles. The number of furan rings is 1. The molecule has 0 bridgehead atoms. The molecule has 1 fully saturated rings. The molecule has 6 heteroatoms. The Bertz CT molecular complexity index is 986. The van der Waals surface area contributed by atoms with Gasteiger partial charge in [-0.2, -0.15) is 0 Å². The molecule has 0 unspecified atom stereocenters. The number of fused-ring (bicyclic) bond motifs is 1. The predicted molar refractivity (Wildman–Crippen MR) is 114 cm³/mol. The van der Waals surface area contributed by atoms with Gasteiger partial charge in [0.1, 0.15) is 11.6 Å². The van der Waals surface area contributed by atoms with Crippen LogP contribution >= 0.6 is 0 Å². The van der Waals surface area contributed by atoms with E-state index in [0.717, 1.165) is 68.1 Å². The van der Waals surface area contributed by atoms with E-state index in [-0.39, 0.29) is 11.9 Å². The standard InChI is InChI=1S/C23H30N4O2/c1-4-26(5-2)15-17-10-12-21(29-17)23(28)27-13-7-6-8-20(27)22-24-18-11-9-16(3)14-19(18)25-22/h9-12,14,20H,4-8,13,15H2,1-3H3,(H,24,25)/t20-/m1/s1. The molecule has 1 atom stereocenters. The summed E-state index contributed by atoms with van der Waals surface area (Å²) in [6, 6.07) is 9.90. The average molecular weight is 395 g/mol. The summed E-state index contributed by atoms with van der Waals surface area (Å²) in [4.78, 5) is 25.7. The zero-order valence-electron chi connectivity index (χ0n) is 17.6. The summed E-state index contributed by atoms with van der Waals surface area (Å²) in [6.07, 6.45) is 3.02. The highest BCUT2D eigenvalue weighted by atomic mass is 16.4. The van der Waals surface area contributed by atoms with Crippen LogP contribution in [0.2, 0.25) is 0 Å². The molecule has 1 aromatic carbocycles. The molecule has 0 saturated carbocycles. The van der Waals surface area contributed by atoms with Crippen LogP contribution in [0.1, 0.15) is 66.9 Å². The maximum absolute atomic E-state index is 13.3. The van der Waals surface area contributed by atoms with Crippen molar-refractivity contribution in [2.75, 3.05) is 19.6 Å². The zero-order valence-corrected chi connectivity index (χ0v) is 17.6. The van der Waals surface area contributed by atoms with Gasteiger partial charge in [0.05, 0.1) is 23.6 Å². The van der Waals surface area contributed by atoms with E-state index in [1.54, 1.807) is 0 Å². The summed E-state index contributed by atoms with van der Waals surface area (Å²) in [7, 11) is 0. The molecule has 3 aromatic rings. The minimum absolute atomic E-state index is 0.0414. The Morgan fingerprint density at radius 3 is 2.86 bits per heavy atom. The number of H-pyrrole nitrogens is 1. The summed E-state index contributed by atoms with van der Waals surface area (Å²) < 4.78 is 5.93. The van der Waals surface area contributed by atoms with E-state index in [0.29, 0.717) is 5.76 Å². The molecule has 1 aliphatic rings. The first kappa shape index (κ1) is 19.7. The Morgan fingerprint density at radius 1 is 1.24 bits per heavy atom. The number of likely N-dealkylation sites (tertiary alicyclic amines) is 1. The van der Waals surface area contributed by atoms with Gasteiger partial charge >= 0.3 is 0 Å². The molecule has 1 N–H and O–H groups in total. The van der Waals surface area contributed by atoms with Gasteiger partial charge in [-0.25, -0.2) is 4.98 Å². The van der Waals surface area contributed by atoms with Gasteiger partial charge in [-0.1, -0.05) is 19.9 Å². The fraction of sp³-hybridized carbons (Fsp3) is 0.478. The van der Waals surface area contributed by atoms with E-state index in [9.17, 15) is 4.79 Å². The quantitative estimate of drug-likeness (QED) is 0.660. The predicted octanol–water partition coefficient (Wildman–Crippen LogP) is 4.67. The smallest absolute Gasteiger partial charge is 0.290 e. The number of aromatic amines is 1. The normalized spacial score (nSPS) is 17.4. The second-order valence-corrected chi connectivity index (χ2v) is 7.88. The van der Waals surface area contributed by atoms with Crippen LogP contribution in [0.5, 0.6) is 0 Å². The molecular formula is C23H30N4O2. The Balaban J connectivity index is 1.56. The lowest BCUT2D eigenvalue weighted by Gasteiger charge is -2.33. The number of carbonyl (C=O) groups excluding carboxylic acids is 1. The number of amides is 1. The van der Waals surface area contributed by atoms with E-state index in [1.165, 1.54) is 5.56 Å². The van der Waals surface area contributed by atoms with Crippen molar-refractivity contribution in [1.82, 2.24) is 19.8 Å². The van der Waals surface area contributed by atoms with Gasteiger partial charge in [0.15, 0.2) is 5.76 Å². The van der Waals surface area contributed by atoms with Crippen molar-refractivity contribution in [3.05, 3.63) is 53.2 Å². The van der Waals surface area contributed by atoms with Crippen molar-refractivity contribution in [2.24, 2.45) is 0 Å². The molecule has 2 aromatic heterocycles. The minimum atomic E-state index is -0.0443. The molecule has 3 heterocycles. The summed E-state index contributed by atoms with van der Waals surface area (Å²) >= 11 is 0. The van der Waals surface area contributed by atoms with Crippen molar-refractivity contribution < 1.29 is 9.21 Å². The van der Waals surface area contributed by atoms with E-state index in [1.807, 2.05) is 23.1 Å². The summed E-state index contributed by atoms with van der Waals surface area (Å²) in [5.41, 5.74) is 3.17. The Labute approximate surface area is 171 Å². The summed E-state index contributed by atoms with van der Waals surface area (Å²) in [5.74, 6) is 2.08. The first-order valence-electron chi connectivity index (χ1n) is 10.7. The van der Waals surface area contributed by atoms with Crippen LogP contribution in [0, 0.1) is 6.92 Å². The van der Waals surface area contributed by atoms with Crippen molar-refractivity contribution in [3.8, 4) is 0 Å². The number of nitrogens with zero attached hydrogens (tertiary/aromatic N) is 3. The fourth-order valence-corrected chi connectivity index (χ4v) is 4.15. The van der Waals surface area contributed by atoms with Crippen LogP contribution in [0.4, 0.5) is 0 Å². The number of aromatic nitrogens is 2. The van der Waals surface area contributed by atoms with E-state index >= 15 is 0 Å². The first-order valence-corrected chi connectivity index (χ1v) is 10.7. The number of hydrogen-bond donors (Lipinski definition) is 1. The number of imidazole rings is 1. The molecule has 1 amide bonds. The second-order valence-electron chi connectivity index (χ2n) is 7.88. The highest BCUT2D eigenvalue weighted by molar-refractivity contribution is 5.92. The zero-order chi connectivity index (χ0) is 20.4. The molecule has 0 spiro atoms. The molecule has 29 heavy (non-hydrogen) atoms. The van der Waals surface area contributed by atoms with Crippen LogP contribution < -0.4 is 0 Å². The molecule has 6 nitrogen and oxygen atoms in total. The number of benzene rings is 1. The topological polar surface area (TPSA) is 65.4 Å². The van der Waals surface area contributed by atoms with Crippen LogP contribution in [0.3, 0.4) is 0 Å². The maximum atomic E-state index is 13.3. The van der Waals surface area contributed by atoms with Gasteiger partial charge in [-0.15, -0.1) is 0 Å². The maximum Gasteiger partial charge on any atom is 0.290 e. The van der Waals surface area contributed by atoms with Crippen molar-refractivity contribution in [2.45, 2.75) is 52.6 Å². The average Bonchev–Trinajstić information content (AvgIpc) is 3.38. The SMILES string of the molecule is CCN(CC)Cc1ccc(C(=O)N2CCCC[C@@H]2c2nc3ccc(C)cc3[nH]2)o1. The lowest BCUT2D eigenvalue weighted by Crippen LogP contribution is -2.38. The van der Waals surface area contributed by atoms with Crippen molar-refractivity contribution >= 4 is 16.9 Å². The lowest BCUT2D eigenvalue weighted by atomic mass is 10.0. The van der Waals surface area contributed by atoms with Crippen LogP contribution in [0.15, 0.2) is 34.7 Å². The highest BCUT2D eigenvalue weighted by Gasteiger charge is 2.32. The number of rotatable bonds is 6. The molecule has 154 valence electrons.